The second kappa shape index (κ2) is 5.75. The number of benzene rings is 2. The molecule has 0 unspecified atom stereocenters. The molecule has 98 valence electrons. The molecule has 1 amide bonds. The van der Waals surface area contributed by atoms with Crippen molar-refractivity contribution in [3.05, 3.63) is 53.8 Å². The minimum Gasteiger partial charge on any atom is -0.508 e. The van der Waals surface area contributed by atoms with Gasteiger partial charge in [0.25, 0.3) is 5.91 Å². The highest BCUT2D eigenvalue weighted by molar-refractivity contribution is 7.98. The second-order valence-corrected chi connectivity index (χ2v) is 4.73. The molecule has 2 aromatic rings. The number of halogens is 1. The van der Waals surface area contributed by atoms with Gasteiger partial charge >= 0.3 is 0 Å². The van der Waals surface area contributed by atoms with Crippen molar-refractivity contribution in [1.29, 1.82) is 0 Å². The van der Waals surface area contributed by atoms with Crippen LogP contribution in [0.15, 0.2) is 47.4 Å². The third-order valence-corrected chi connectivity index (χ3v) is 3.25. The Balaban J connectivity index is 2.20. The number of hydrogen-bond donors (Lipinski definition) is 2. The van der Waals surface area contributed by atoms with Gasteiger partial charge in [0.2, 0.25) is 0 Å². The Morgan fingerprint density at radius 1 is 1.26 bits per heavy atom. The molecule has 0 saturated carbocycles. The summed E-state index contributed by atoms with van der Waals surface area (Å²) in [7, 11) is 0. The van der Waals surface area contributed by atoms with Gasteiger partial charge in [-0.2, -0.15) is 0 Å². The fourth-order valence-electron chi connectivity index (χ4n) is 1.59. The molecule has 0 saturated heterocycles. The summed E-state index contributed by atoms with van der Waals surface area (Å²) in [6.07, 6.45) is 1.93. The van der Waals surface area contributed by atoms with Crippen LogP contribution in [0, 0.1) is 5.82 Å². The lowest BCUT2D eigenvalue weighted by Gasteiger charge is -2.07. The number of aromatic hydroxyl groups is 1. The zero-order chi connectivity index (χ0) is 13.8. The van der Waals surface area contributed by atoms with Crippen molar-refractivity contribution in [2.24, 2.45) is 0 Å². The molecule has 0 aromatic heterocycles. The molecule has 0 fully saturated rings. The first-order valence-corrected chi connectivity index (χ1v) is 6.76. The Bertz CT molecular complexity index is 616. The van der Waals surface area contributed by atoms with Crippen LogP contribution >= 0.6 is 11.8 Å². The van der Waals surface area contributed by atoms with Gasteiger partial charge in [0.1, 0.15) is 11.6 Å². The summed E-state index contributed by atoms with van der Waals surface area (Å²) < 4.78 is 13.5. The van der Waals surface area contributed by atoms with E-state index < -0.39 is 11.7 Å². The highest BCUT2D eigenvalue weighted by atomic mass is 32.2. The van der Waals surface area contributed by atoms with Gasteiger partial charge in [-0.3, -0.25) is 4.79 Å². The van der Waals surface area contributed by atoms with E-state index in [1.165, 1.54) is 12.1 Å². The Morgan fingerprint density at radius 2 is 2.05 bits per heavy atom. The molecule has 5 heteroatoms. The SMILES string of the molecule is CSc1cccc(NC(=O)c2ccc(O)cc2F)c1. The Kier molecular flexibility index (Phi) is 4.06. The minimum absolute atomic E-state index is 0.104. The molecule has 0 spiro atoms. The first-order valence-electron chi connectivity index (χ1n) is 5.54. The number of carbonyl (C=O) groups is 1. The zero-order valence-corrected chi connectivity index (χ0v) is 11.0. The summed E-state index contributed by atoms with van der Waals surface area (Å²) in [5.41, 5.74) is 0.497. The van der Waals surface area contributed by atoms with Crippen LogP contribution in [0.3, 0.4) is 0 Å². The first-order chi connectivity index (χ1) is 9.10. The second-order valence-electron chi connectivity index (χ2n) is 3.85. The van der Waals surface area contributed by atoms with Crippen molar-refractivity contribution < 1.29 is 14.3 Å². The number of hydrogen-bond acceptors (Lipinski definition) is 3. The van der Waals surface area contributed by atoms with Crippen molar-refractivity contribution in [2.75, 3.05) is 11.6 Å². The maximum atomic E-state index is 13.5. The predicted molar refractivity (Wildman–Crippen MR) is 74.2 cm³/mol. The van der Waals surface area contributed by atoms with Gasteiger partial charge in [-0.1, -0.05) is 6.07 Å². The van der Waals surface area contributed by atoms with Gasteiger partial charge in [-0.15, -0.1) is 11.8 Å². The molecule has 0 radical (unpaired) electrons. The fraction of sp³-hybridized carbons (Fsp3) is 0.0714. The van der Waals surface area contributed by atoms with E-state index in [1.54, 1.807) is 23.9 Å². The number of nitrogens with one attached hydrogen (secondary N) is 1. The standard InChI is InChI=1S/C14H12FNO2S/c1-19-11-4-2-3-9(7-11)16-14(18)12-6-5-10(17)8-13(12)15/h2-8,17H,1H3,(H,16,18). The van der Waals surface area contributed by atoms with E-state index in [2.05, 4.69) is 5.32 Å². The number of amides is 1. The van der Waals surface area contributed by atoms with Gasteiger partial charge in [0.05, 0.1) is 5.56 Å². The summed E-state index contributed by atoms with van der Waals surface area (Å²) in [6.45, 7) is 0. The molecule has 0 atom stereocenters. The van der Waals surface area contributed by atoms with Crippen LogP contribution in [0.1, 0.15) is 10.4 Å². The van der Waals surface area contributed by atoms with Crippen LogP contribution < -0.4 is 5.32 Å². The van der Waals surface area contributed by atoms with Gasteiger partial charge < -0.3 is 10.4 Å². The summed E-state index contributed by atoms with van der Waals surface area (Å²) >= 11 is 1.55. The Hall–Kier alpha value is -2.01. The first kappa shape index (κ1) is 13.4. The third-order valence-electron chi connectivity index (χ3n) is 2.52. The summed E-state index contributed by atoms with van der Waals surface area (Å²) in [5, 5.41) is 11.7. The van der Waals surface area contributed by atoms with E-state index in [-0.39, 0.29) is 11.3 Å². The molecule has 2 rings (SSSR count). The number of anilines is 1. The summed E-state index contributed by atoms with van der Waals surface area (Å²) in [4.78, 5) is 12.9. The monoisotopic (exact) mass is 277 g/mol. The van der Waals surface area contributed by atoms with Gasteiger partial charge in [0, 0.05) is 16.6 Å². The van der Waals surface area contributed by atoms with E-state index in [0.29, 0.717) is 5.69 Å². The normalized spacial score (nSPS) is 10.2. The molecule has 19 heavy (non-hydrogen) atoms. The van der Waals surface area contributed by atoms with Gasteiger partial charge in [-0.05, 0) is 36.6 Å². The Labute approximate surface area is 114 Å². The average molecular weight is 277 g/mol. The molecule has 2 N–H and O–H groups in total. The highest BCUT2D eigenvalue weighted by Crippen LogP contribution is 2.20. The fourth-order valence-corrected chi connectivity index (χ4v) is 2.05. The molecule has 0 aliphatic rings. The summed E-state index contributed by atoms with van der Waals surface area (Å²) in [6, 6.07) is 10.7. The van der Waals surface area contributed by atoms with E-state index in [1.807, 2.05) is 18.4 Å². The molecule has 2 aromatic carbocycles. The van der Waals surface area contributed by atoms with E-state index in [4.69, 9.17) is 5.11 Å². The average Bonchev–Trinajstić information content (AvgIpc) is 2.38. The smallest absolute Gasteiger partial charge is 0.258 e. The highest BCUT2D eigenvalue weighted by Gasteiger charge is 2.12. The van der Waals surface area contributed by atoms with Gasteiger partial charge in [-0.25, -0.2) is 4.39 Å². The topological polar surface area (TPSA) is 49.3 Å². The lowest BCUT2D eigenvalue weighted by molar-refractivity contribution is 0.102. The van der Waals surface area contributed by atoms with Crippen molar-refractivity contribution in [2.45, 2.75) is 4.90 Å². The van der Waals surface area contributed by atoms with Crippen molar-refractivity contribution in [3.8, 4) is 5.75 Å². The van der Waals surface area contributed by atoms with Crippen LogP contribution in [-0.2, 0) is 0 Å². The number of phenols is 1. The maximum absolute atomic E-state index is 13.5. The largest absolute Gasteiger partial charge is 0.508 e. The molecule has 0 aliphatic heterocycles. The van der Waals surface area contributed by atoms with Gasteiger partial charge in [0.15, 0.2) is 0 Å². The van der Waals surface area contributed by atoms with Crippen LogP contribution in [0.2, 0.25) is 0 Å². The van der Waals surface area contributed by atoms with E-state index in [0.717, 1.165) is 11.0 Å². The molecule has 3 nitrogen and oxygen atoms in total. The van der Waals surface area contributed by atoms with E-state index in [9.17, 15) is 9.18 Å². The van der Waals surface area contributed by atoms with Crippen molar-refractivity contribution in [1.82, 2.24) is 0 Å². The van der Waals surface area contributed by atoms with Crippen LogP contribution in [-0.4, -0.2) is 17.3 Å². The maximum Gasteiger partial charge on any atom is 0.258 e. The molecular formula is C14H12FNO2S. The van der Waals surface area contributed by atoms with Crippen molar-refractivity contribution in [3.63, 3.8) is 0 Å². The molecule has 0 aliphatic carbocycles. The molecule has 0 bridgehead atoms. The zero-order valence-electron chi connectivity index (χ0n) is 10.2. The number of rotatable bonds is 3. The van der Waals surface area contributed by atoms with E-state index >= 15 is 0 Å². The number of thioether (sulfide) groups is 1. The predicted octanol–water partition coefficient (Wildman–Crippen LogP) is 3.51. The third kappa shape index (κ3) is 3.26. The lowest BCUT2D eigenvalue weighted by atomic mass is 10.2. The van der Waals surface area contributed by atoms with Crippen LogP contribution in [0.5, 0.6) is 5.75 Å². The van der Waals surface area contributed by atoms with Crippen LogP contribution in [0.25, 0.3) is 0 Å². The summed E-state index contributed by atoms with van der Waals surface area (Å²) in [5.74, 6) is -1.51. The Morgan fingerprint density at radius 3 is 2.74 bits per heavy atom. The molecule has 0 heterocycles. The quantitative estimate of drug-likeness (QED) is 0.844. The minimum atomic E-state index is -0.751. The molecular weight excluding hydrogens is 265 g/mol. The van der Waals surface area contributed by atoms with Crippen LogP contribution in [0.4, 0.5) is 10.1 Å². The number of carbonyl (C=O) groups excluding carboxylic acids is 1. The lowest BCUT2D eigenvalue weighted by Crippen LogP contribution is -2.13. The number of phenolic OH excluding ortho intramolecular Hbond substituents is 1. The van der Waals surface area contributed by atoms with Crippen molar-refractivity contribution >= 4 is 23.4 Å².